The van der Waals surface area contributed by atoms with Gasteiger partial charge in [-0.05, 0) is 31.0 Å². The summed E-state index contributed by atoms with van der Waals surface area (Å²) in [5, 5.41) is 16.4. The Hall–Kier alpha value is -2.81. The van der Waals surface area contributed by atoms with Crippen LogP contribution in [0.1, 0.15) is 25.7 Å². The maximum Gasteiger partial charge on any atom is 0.231 e. The number of amides is 1. The number of rotatable bonds is 9. The largest absolute Gasteiger partial charge is 0.497 e. The SMILES string of the molecule is COc1cccc(-c2nnc3ccc(OCCNC(=O)CSC4CCCC4)nn23)c1. The van der Waals surface area contributed by atoms with Crippen LogP contribution in [-0.4, -0.2) is 57.0 Å². The molecule has 0 unspecified atom stereocenters. The van der Waals surface area contributed by atoms with Crippen LogP contribution in [0.5, 0.6) is 11.6 Å². The third kappa shape index (κ3) is 5.02. The van der Waals surface area contributed by atoms with Crippen molar-refractivity contribution in [1.82, 2.24) is 25.1 Å². The Kier molecular flexibility index (Phi) is 6.68. The molecule has 0 saturated heterocycles. The molecule has 0 aliphatic heterocycles. The highest BCUT2D eigenvalue weighted by molar-refractivity contribution is 8.00. The van der Waals surface area contributed by atoms with Gasteiger partial charge in [-0.15, -0.1) is 27.1 Å². The second-order valence-corrected chi connectivity index (χ2v) is 8.40. The van der Waals surface area contributed by atoms with Crippen molar-refractivity contribution in [2.75, 3.05) is 26.0 Å². The minimum Gasteiger partial charge on any atom is -0.497 e. The molecule has 2 heterocycles. The Bertz CT molecular complexity index is 1000. The molecule has 0 radical (unpaired) electrons. The first kappa shape index (κ1) is 20.5. The number of fused-ring (bicyclic) bond motifs is 1. The monoisotopic (exact) mass is 427 g/mol. The first-order chi connectivity index (χ1) is 14.7. The number of methoxy groups -OCH3 is 1. The summed E-state index contributed by atoms with van der Waals surface area (Å²) in [6.07, 6.45) is 5.04. The molecule has 1 fully saturated rings. The lowest BCUT2D eigenvalue weighted by Crippen LogP contribution is -2.30. The van der Waals surface area contributed by atoms with Gasteiger partial charge in [-0.25, -0.2) is 0 Å². The Balaban J connectivity index is 1.31. The van der Waals surface area contributed by atoms with Gasteiger partial charge in [-0.1, -0.05) is 25.0 Å². The molecule has 1 amide bonds. The van der Waals surface area contributed by atoms with Crippen LogP contribution in [0.3, 0.4) is 0 Å². The highest BCUT2D eigenvalue weighted by Crippen LogP contribution is 2.29. The number of carbonyl (C=O) groups is 1. The number of aromatic nitrogens is 4. The summed E-state index contributed by atoms with van der Waals surface area (Å²) in [7, 11) is 1.62. The molecule has 1 aliphatic carbocycles. The van der Waals surface area contributed by atoms with Gasteiger partial charge in [-0.3, -0.25) is 4.79 Å². The highest BCUT2D eigenvalue weighted by atomic mass is 32.2. The Morgan fingerprint density at radius 1 is 1.23 bits per heavy atom. The number of thioether (sulfide) groups is 1. The number of nitrogens with one attached hydrogen (secondary N) is 1. The van der Waals surface area contributed by atoms with Crippen molar-refractivity contribution in [3.8, 4) is 23.0 Å². The van der Waals surface area contributed by atoms with E-state index in [4.69, 9.17) is 9.47 Å². The predicted molar refractivity (Wildman–Crippen MR) is 116 cm³/mol. The molecule has 0 atom stereocenters. The fraction of sp³-hybridized carbons (Fsp3) is 0.429. The van der Waals surface area contributed by atoms with E-state index < -0.39 is 0 Å². The first-order valence-electron chi connectivity index (χ1n) is 10.1. The Morgan fingerprint density at radius 3 is 2.93 bits per heavy atom. The number of carbonyl (C=O) groups excluding carboxylic acids is 1. The second-order valence-electron chi connectivity index (χ2n) is 7.11. The maximum atomic E-state index is 12.0. The lowest BCUT2D eigenvalue weighted by Gasteiger charge is -2.10. The summed E-state index contributed by atoms with van der Waals surface area (Å²) in [5.74, 6) is 2.35. The Morgan fingerprint density at radius 2 is 2.10 bits per heavy atom. The maximum absolute atomic E-state index is 12.0. The number of ether oxygens (including phenoxy) is 2. The van der Waals surface area contributed by atoms with E-state index in [1.165, 1.54) is 25.7 Å². The smallest absolute Gasteiger partial charge is 0.231 e. The summed E-state index contributed by atoms with van der Waals surface area (Å²) in [4.78, 5) is 12.0. The molecular formula is C21H25N5O3S. The minimum atomic E-state index is 0.0537. The van der Waals surface area contributed by atoms with Gasteiger partial charge in [0.1, 0.15) is 12.4 Å². The van der Waals surface area contributed by atoms with E-state index in [-0.39, 0.29) is 5.91 Å². The molecule has 0 spiro atoms. The second kappa shape index (κ2) is 9.80. The fourth-order valence-electron chi connectivity index (χ4n) is 3.44. The summed E-state index contributed by atoms with van der Waals surface area (Å²) in [6, 6.07) is 11.1. The van der Waals surface area contributed by atoms with Crippen LogP contribution in [0, 0.1) is 0 Å². The van der Waals surface area contributed by atoms with Gasteiger partial charge in [0.05, 0.1) is 19.4 Å². The van der Waals surface area contributed by atoms with Crippen molar-refractivity contribution in [3.05, 3.63) is 36.4 Å². The standard InChI is InChI=1S/C21H25N5O3S/c1-28-16-6-4-5-15(13-16)21-24-23-18-9-10-20(25-26(18)21)29-12-11-22-19(27)14-30-17-7-2-3-8-17/h4-6,9-10,13,17H,2-3,7-8,11-12,14H2,1H3,(H,22,27). The average molecular weight is 428 g/mol. The first-order valence-corrected chi connectivity index (χ1v) is 11.2. The molecule has 9 heteroatoms. The minimum absolute atomic E-state index is 0.0537. The van der Waals surface area contributed by atoms with Crippen LogP contribution in [-0.2, 0) is 4.79 Å². The van der Waals surface area contributed by atoms with Gasteiger partial charge in [-0.2, -0.15) is 4.52 Å². The number of nitrogens with zero attached hydrogens (tertiary/aromatic N) is 4. The molecule has 3 aromatic rings. The summed E-state index contributed by atoms with van der Waals surface area (Å²) in [6.45, 7) is 0.781. The molecule has 1 saturated carbocycles. The molecule has 1 aromatic carbocycles. The lowest BCUT2D eigenvalue weighted by molar-refractivity contribution is -0.118. The van der Waals surface area contributed by atoms with Gasteiger partial charge in [0.2, 0.25) is 11.8 Å². The van der Waals surface area contributed by atoms with Gasteiger partial charge in [0.25, 0.3) is 0 Å². The zero-order valence-electron chi connectivity index (χ0n) is 16.9. The zero-order chi connectivity index (χ0) is 20.8. The van der Waals surface area contributed by atoms with Crippen LogP contribution in [0.15, 0.2) is 36.4 Å². The van der Waals surface area contributed by atoms with Crippen molar-refractivity contribution in [3.63, 3.8) is 0 Å². The third-order valence-corrected chi connectivity index (χ3v) is 6.36. The van der Waals surface area contributed by atoms with Crippen LogP contribution in [0.25, 0.3) is 17.0 Å². The van der Waals surface area contributed by atoms with E-state index in [9.17, 15) is 4.79 Å². The fourth-order valence-corrected chi connectivity index (χ4v) is 4.59. The van der Waals surface area contributed by atoms with E-state index in [1.54, 1.807) is 35.5 Å². The molecule has 0 bridgehead atoms. The van der Waals surface area contributed by atoms with Crippen molar-refractivity contribution in [2.24, 2.45) is 0 Å². The normalized spacial score (nSPS) is 14.2. The van der Waals surface area contributed by atoms with Crippen LogP contribution in [0.4, 0.5) is 0 Å². The molecule has 8 nitrogen and oxygen atoms in total. The van der Waals surface area contributed by atoms with Crippen molar-refractivity contribution in [2.45, 2.75) is 30.9 Å². The van der Waals surface area contributed by atoms with Gasteiger partial charge in [0.15, 0.2) is 11.5 Å². The summed E-state index contributed by atoms with van der Waals surface area (Å²) >= 11 is 1.76. The van der Waals surface area contributed by atoms with E-state index >= 15 is 0 Å². The van der Waals surface area contributed by atoms with E-state index in [2.05, 4.69) is 20.6 Å². The molecule has 2 aromatic heterocycles. The van der Waals surface area contributed by atoms with Gasteiger partial charge >= 0.3 is 0 Å². The molecule has 158 valence electrons. The average Bonchev–Trinajstić information content (AvgIpc) is 3.45. The highest BCUT2D eigenvalue weighted by Gasteiger charge is 2.16. The third-order valence-electron chi connectivity index (χ3n) is 4.99. The molecular weight excluding hydrogens is 402 g/mol. The topological polar surface area (TPSA) is 90.6 Å². The lowest BCUT2D eigenvalue weighted by atomic mass is 10.2. The van der Waals surface area contributed by atoms with Crippen LogP contribution < -0.4 is 14.8 Å². The van der Waals surface area contributed by atoms with E-state index in [1.807, 2.05) is 24.3 Å². The van der Waals surface area contributed by atoms with E-state index in [0.717, 1.165) is 11.3 Å². The predicted octanol–water partition coefficient (Wildman–Crippen LogP) is 2.97. The summed E-state index contributed by atoms with van der Waals surface area (Å²) in [5.41, 5.74) is 1.47. The van der Waals surface area contributed by atoms with Gasteiger partial charge < -0.3 is 14.8 Å². The van der Waals surface area contributed by atoms with Crippen LogP contribution >= 0.6 is 11.8 Å². The molecule has 30 heavy (non-hydrogen) atoms. The molecule has 1 aliphatic rings. The summed E-state index contributed by atoms with van der Waals surface area (Å²) < 4.78 is 12.6. The van der Waals surface area contributed by atoms with Crippen molar-refractivity contribution >= 4 is 23.3 Å². The number of hydrogen-bond donors (Lipinski definition) is 1. The van der Waals surface area contributed by atoms with Gasteiger partial charge in [0, 0.05) is 16.9 Å². The van der Waals surface area contributed by atoms with Crippen molar-refractivity contribution in [1.29, 1.82) is 0 Å². The van der Waals surface area contributed by atoms with Crippen LogP contribution in [0.2, 0.25) is 0 Å². The molecule has 4 rings (SSSR count). The quantitative estimate of drug-likeness (QED) is 0.525. The zero-order valence-corrected chi connectivity index (χ0v) is 17.7. The number of benzene rings is 1. The number of hydrogen-bond acceptors (Lipinski definition) is 7. The van der Waals surface area contributed by atoms with Crippen molar-refractivity contribution < 1.29 is 14.3 Å². The Labute approximate surface area is 179 Å². The van der Waals surface area contributed by atoms with E-state index in [0.29, 0.717) is 41.5 Å². The molecule has 1 N–H and O–H groups in total.